The maximum atomic E-state index is 2.53. The number of fused-ring (bicyclic) bond motifs is 3. The largest absolute Gasteiger partial charge is 0.0714 e. The summed E-state index contributed by atoms with van der Waals surface area (Å²) in [6.45, 7) is 9.05. The van der Waals surface area contributed by atoms with Crippen LogP contribution in [0.3, 0.4) is 0 Å². The molecule has 0 N–H and O–H groups in total. The summed E-state index contributed by atoms with van der Waals surface area (Å²) < 4.78 is 0. The van der Waals surface area contributed by atoms with E-state index in [-0.39, 0.29) is 0 Å². The summed E-state index contributed by atoms with van der Waals surface area (Å²) >= 11 is 0. The van der Waals surface area contributed by atoms with Crippen molar-refractivity contribution in [3.05, 3.63) is 348 Å². The van der Waals surface area contributed by atoms with Gasteiger partial charge in [0.05, 0.1) is 5.41 Å². The number of rotatable bonds is 11. The van der Waals surface area contributed by atoms with Crippen molar-refractivity contribution in [2.45, 2.75) is 33.1 Å². The van der Waals surface area contributed by atoms with Crippen molar-refractivity contribution in [2.75, 3.05) is 0 Å². The summed E-state index contributed by atoms with van der Waals surface area (Å²) in [6.07, 6.45) is 0. The van der Waals surface area contributed by atoms with E-state index in [1.165, 1.54) is 111 Å². The Hall–Kier alpha value is -10.1. The Balaban J connectivity index is 1.12. The number of aryl methyl sites for hydroxylation is 4. The molecule has 0 bridgehead atoms. The highest BCUT2D eigenvalue weighted by atomic mass is 14.5. The molecule has 83 heavy (non-hydrogen) atoms. The van der Waals surface area contributed by atoms with Gasteiger partial charge in [0.1, 0.15) is 0 Å². The molecule has 0 spiro atoms. The SMILES string of the molecule is Cc1cc(C)c(-c2cccc3c2-c2cc(C)ccc2C3(c2cc(-c3cccc(-c4ccccc4)c3)cc(-c3cccc(-c4ccccc4)c3)c2)c2cc(-c3cccc(-c4ccccc4)c3)cc(-c3cccc(-c4ccccc4)c3)c2)c(C)c1. The summed E-state index contributed by atoms with van der Waals surface area (Å²) in [4.78, 5) is 0. The van der Waals surface area contributed by atoms with Gasteiger partial charge < -0.3 is 0 Å². The Bertz CT molecular complexity index is 4120. The fraction of sp³-hybridized carbons (Fsp3) is 0.0602. The van der Waals surface area contributed by atoms with Gasteiger partial charge in [-0.1, -0.05) is 254 Å². The number of benzene rings is 13. The monoisotopic (exact) mass is 1060 g/mol. The summed E-state index contributed by atoms with van der Waals surface area (Å²) in [7, 11) is 0. The molecule has 14 rings (SSSR count). The van der Waals surface area contributed by atoms with Crippen molar-refractivity contribution in [3.8, 4) is 111 Å². The number of hydrogen-bond acceptors (Lipinski definition) is 0. The maximum Gasteiger partial charge on any atom is 0.0714 e. The second-order valence-electron chi connectivity index (χ2n) is 22.7. The second kappa shape index (κ2) is 21.4. The highest BCUT2D eigenvalue weighted by Crippen LogP contribution is 2.60. The van der Waals surface area contributed by atoms with E-state index < -0.39 is 5.41 Å². The molecule has 1 aliphatic carbocycles. The van der Waals surface area contributed by atoms with E-state index in [4.69, 9.17) is 0 Å². The van der Waals surface area contributed by atoms with Crippen LogP contribution in [0.25, 0.3) is 111 Å². The molecule has 0 saturated carbocycles. The minimum Gasteiger partial charge on any atom is -0.0622 e. The molecule has 0 heterocycles. The lowest BCUT2D eigenvalue weighted by Crippen LogP contribution is -2.29. The van der Waals surface area contributed by atoms with Gasteiger partial charge in [0.25, 0.3) is 0 Å². The summed E-state index contributed by atoms with van der Waals surface area (Å²) in [5, 5.41) is 0. The Morgan fingerprint density at radius 3 is 0.867 bits per heavy atom. The van der Waals surface area contributed by atoms with Crippen LogP contribution in [0.15, 0.2) is 303 Å². The van der Waals surface area contributed by atoms with Crippen LogP contribution in [0.5, 0.6) is 0 Å². The van der Waals surface area contributed by atoms with Crippen molar-refractivity contribution in [1.82, 2.24) is 0 Å². The van der Waals surface area contributed by atoms with E-state index in [1.807, 2.05) is 0 Å². The van der Waals surface area contributed by atoms with Crippen molar-refractivity contribution in [3.63, 3.8) is 0 Å². The zero-order chi connectivity index (χ0) is 56.0. The van der Waals surface area contributed by atoms with Crippen LogP contribution in [0, 0.1) is 27.7 Å². The quantitative estimate of drug-likeness (QED) is 0.121. The van der Waals surface area contributed by atoms with Crippen LogP contribution < -0.4 is 0 Å². The van der Waals surface area contributed by atoms with E-state index in [9.17, 15) is 0 Å². The predicted molar refractivity (Wildman–Crippen MR) is 352 cm³/mol. The molecule has 0 atom stereocenters. The van der Waals surface area contributed by atoms with E-state index >= 15 is 0 Å². The van der Waals surface area contributed by atoms with Crippen LogP contribution >= 0.6 is 0 Å². The Kier molecular flexibility index (Phi) is 13.2. The molecule has 0 saturated heterocycles. The summed E-state index contributed by atoms with van der Waals surface area (Å²) in [5.41, 5.74) is 33.1. The van der Waals surface area contributed by atoms with E-state index in [1.54, 1.807) is 0 Å². The van der Waals surface area contributed by atoms with Crippen molar-refractivity contribution in [1.29, 1.82) is 0 Å². The van der Waals surface area contributed by atoms with Crippen molar-refractivity contribution >= 4 is 0 Å². The molecular weight excluding hydrogens is 997 g/mol. The summed E-state index contributed by atoms with van der Waals surface area (Å²) in [6, 6.07) is 114. The van der Waals surface area contributed by atoms with Crippen LogP contribution in [0.1, 0.15) is 44.5 Å². The lowest BCUT2D eigenvalue weighted by atomic mass is 9.65. The molecule has 0 unspecified atom stereocenters. The van der Waals surface area contributed by atoms with Gasteiger partial charge in [0, 0.05) is 0 Å². The zero-order valence-corrected chi connectivity index (χ0v) is 47.4. The molecule has 394 valence electrons. The molecule has 0 aromatic heterocycles. The van der Waals surface area contributed by atoms with Gasteiger partial charge in [-0.15, -0.1) is 0 Å². The Morgan fingerprint density at radius 1 is 0.193 bits per heavy atom. The highest BCUT2D eigenvalue weighted by Gasteiger charge is 2.48. The first-order chi connectivity index (χ1) is 40.7. The fourth-order valence-corrected chi connectivity index (χ4v) is 13.5. The van der Waals surface area contributed by atoms with E-state index in [0.717, 1.165) is 44.5 Å². The molecule has 13 aromatic rings. The highest BCUT2D eigenvalue weighted by molar-refractivity contribution is 5.98. The third-order valence-corrected chi connectivity index (χ3v) is 17.2. The number of hydrogen-bond donors (Lipinski definition) is 0. The van der Waals surface area contributed by atoms with Gasteiger partial charge in [-0.3, -0.25) is 0 Å². The van der Waals surface area contributed by atoms with Gasteiger partial charge in [-0.2, -0.15) is 0 Å². The first-order valence-corrected chi connectivity index (χ1v) is 29.0. The average molecular weight is 1060 g/mol. The van der Waals surface area contributed by atoms with Gasteiger partial charge in [-0.05, 0) is 233 Å². The third-order valence-electron chi connectivity index (χ3n) is 17.2. The molecule has 0 amide bonds. The van der Waals surface area contributed by atoms with Crippen molar-refractivity contribution in [2.24, 2.45) is 0 Å². The first-order valence-electron chi connectivity index (χ1n) is 29.0. The van der Waals surface area contributed by atoms with Gasteiger partial charge in [0.2, 0.25) is 0 Å². The van der Waals surface area contributed by atoms with Crippen LogP contribution in [-0.2, 0) is 5.41 Å². The molecule has 0 nitrogen and oxygen atoms in total. The lowest BCUT2D eigenvalue weighted by Gasteiger charge is -2.36. The molecule has 0 radical (unpaired) electrons. The minimum atomic E-state index is -0.835. The summed E-state index contributed by atoms with van der Waals surface area (Å²) in [5.74, 6) is 0. The van der Waals surface area contributed by atoms with Crippen molar-refractivity contribution < 1.29 is 0 Å². The Labute approximate surface area is 489 Å². The fourth-order valence-electron chi connectivity index (χ4n) is 13.5. The molecule has 0 fully saturated rings. The Morgan fingerprint density at radius 2 is 0.506 bits per heavy atom. The molecule has 0 aliphatic heterocycles. The standard InChI is InChI=1S/C83H62/c1-55-40-41-79-78(44-55)82-77(81-57(3)42-56(2)43-58(81)4)38-21-39-80(82)83(79,75-51-71(67-34-17-30-63(45-67)59-22-9-5-10-23-59)49-72(52-75)68-35-18-31-64(46-68)60-24-11-6-12-25-60)76-53-73(69-36-19-32-65(47-69)61-26-13-7-14-27-61)50-74(54-76)70-37-20-33-66(48-70)62-28-15-8-16-29-62/h5-54H,1-4H3. The zero-order valence-electron chi connectivity index (χ0n) is 47.4. The first kappa shape index (κ1) is 51.0. The van der Waals surface area contributed by atoms with Crippen LogP contribution in [-0.4, -0.2) is 0 Å². The topological polar surface area (TPSA) is 0 Å². The minimum absolute atomic E-state index is 0.835. The molecule has 0 heteroatoms. The molecule has 13 aromatic carbocycles. The van der Waals surface area contributed by atoms with Gasteiger partial charge >= 0.3 is 0 Å². The van der Waals surface area contributed by atoms with E-state index in [0.29, 0.717) is 0 Å². The van der Waals surface area contributed by atoms with Crippen LogP contribution in [0.4, 0.5) is 0 Å². The average Bonchev–Trinajstić information content (AvgIpc) is 2.07. The van der Waals surface area contributed by atoms with Gasteiger partial charge in [0.15, 0.2) is 0 Å². The third kappa shape index (κ3) is 9.43. The predicted octanol–water partition coefficient (Wildman–Crippen LogP) is 22.3. The van der Waals surface area contributed by atoms with Crippen LogP contribution in [0.2, 0.25) is 0 Å². The second-order valence-corrected chi connectivity index (χ2v) is 22.7. The maximum absolute atomic E-state index is 2.53. The smallest absolute Gasteiger partial charge is 0.0622 e. The molecule has 1 aliphatic rings. The lowest BCUT2D eigenvalue weighted by molar-refractivity contribution is 0.769. The molecular formula is C83H62. The van der Waals surface area contributed by atoms with E-state index in [2.05, 4.69) is 331 Å². The normalized spacial score (nSPS) is 12.2. The van der Waals surface area contributed by atoms with Gasteiger partial charge in [-0.25, -0.2) is 0 Å².